The molecule has 1 amide bonds. The molecule has 0 aliphatic carbocycles. The van der Waals surface area contributed by atoms with Crippen molar-refractivity contribution < 1.29 is 19.5 Å². The zero-order valence-corrected chi connectivity index (χ0v) is 14.5. The molecule has 0 bridgehead atoms. The maximum absolute atomic E-state index is 12.5. The van der Waals surface area contributed by atoms with Gasteiger partial charge in [-0.25, -0.2) is 0 Å². The molecule has 3 rings (SSSR count). The number of para-hydroxylation sites is 1. The molecule has 9 heteroatoms. The molecule has 0 radical (unpaired) electrons. The smallest absolute Gasteiger partial charge is 0.278 e. The second-order valence-corrected chi connectivity index (χ2v) is 6.41. The normalized spacial score (nSPS) is 14.7. The van der Waals surface area contributed by atoms with Crippen molar-refractivity contribution in [2.24, 2.45) is 0 Å². The summed E-state index contributed by atoms with van der Waals surface area (Å²) in [6, 6.07) is 12.3. The Hall–Kier alpha value is -3.33. The molecule has 1 aliphatic heterocycles. The van der Waals surface area contributed by atoms with E-state index in [4.69, 9.17) is 0 Å². The van der Waals surface area contributed by atoms with Gasteiger partial charge in [0.25, 0.3) is 17.3 Å². The van der Waals surface area contributed by atoms with Crippen molar-refractivity contribution in [1.29, 1.82) is 0 Å². The molecule has 1 aliphatic rings. The van der Waals surface area contributed by atoms with Gasteiger partial charge in [0.15, 0.2) is 0 Å². The Morgan fingerprint density at radius 2 is 1.59 bits per heavy atom. The lowest BCUT2D eigenvalue weighted by molar-refractivity contribution is -0.917. The number of carbonyl (C=O) groups is 1. The van der Waals surface area contributed by atoms with Crippen LogP contribution >= 0.6 is 0 Å². The molecule has 0 spiro atoms. The fourth-order valence-corrected chi connectivity index (χ4v) is 3.22. The molecule has 1 heterocycles. The molecule has 27 heavy (non-hydrogen) atoms. The molecule has 0 aromatic heterocycles. The largest absolute Gasteiger partial charge is 0.328 e. The number of nitrogens with one attached hydrogen (secondary N) is 1. The predicted octanol–water partition coefficient (Wildman–Crippen LogP) is 1.04. The van der Waals surface area contributed by atoms with Crippen molar-refractivity contribution in [1.82, 2.24) is 4.90 Å². The fraction of sp³-hybridized carbons (Fsp3) is 0.278. The maximum atomic E-state index is 12.5. The van der Waals surface area contributed by atoms with Crippen molar-refractivity contribution in [2.75, 3.05) is 26.2 Å². The quantitative estimate of drug-likeness (QED) is 0.624. The Morgan fingerprint density at radius 3 is 2.19 bits per heavy atom. The van der Waals surface area contributed by atoms with Crippen LogP contribution in [0.2, 0.25) is 0 Å². The predicted molar refractivity (Wildman–Crippen MR) is 96.5 cm³/mol. The van der Waals surface area contributed by atoms with Gasteiger partial charge in [-0.2, -0.15) is 0 Å². The molecule has 140 valence electrons. The van der Waals surface area contributed by atoms with Crippen molar-refractivity contribution in [2.45, 2.75) is 6.54 Å². The van der Waals surface area contributed by atoms with E-state index in [9.17, 15) is 25.0 Å². The van der Waals surface area contributed by atoms with Crippen LogP contribution in [0.15, 0.2) is 48.5 Å². The SMILES string of the molecule is O=C(c1ccc([N+](=O)[O-])cc1)N1CC[NH+](Cc2ccccc2[N+](=O)[O-])CC1. The van der Waals surface area contributed by atoms with E-state index in [1.165, 1.54) is 35.2 Å². The van der Waals surface area contributed by atoms with E-state index >= 15 is 0 Å². The molecule has 0 atom stereocenters. The molecule has 2 aromatic carbocycles. The Morgan fingerprint density at radius 1 is 0.963 bits per heavy atom. The monoisotopic (exact) mass is 371 g/mol. The van der Waals surface area contributed by atoms with E-state index in [1.54, 1.807) is 23.1 Å². The van der Waals surface area contributed by atoms with Crippen LogP contribution in [-0.4, -0.2) is 46.8 Å². The Kier molecular flexibility index (Phi) is 5.41. The van der Waals surface area contributed by atoms with Gasteiger partial charge < -0.3 is 9.80 Å². The van der Waals surface area contributed by atoms with E-state index in [1.807, 2.05) is 0 Å². The second kappa shape index (κ2) is 7.92. The number of hydrogen-bond acceptors (Lipinski definition) is 5. The van der Waals surface area contributed by atoms with Crippen molar-refractivity contribution in [3.63, 3.8) is 0 Å². The van der Waals surface area contributed by atoms with Gasteiger partial charge in [0, 0.05) is 23.8 Å². The number of carbonyl (C=O) groups excluding carboxylic acids is 1. The topological polar surface area (TPSA) is 111 Å². The molecule has 0 unspecified atom stereocenters. The number of hydrogen-bond donors (Lipinski definition) is 1. The van der Waals surface area contributed by atoms with Crippen LogP contribution in [0.25, 0.3) is 0 Å². The summed E-state index contributed by atoms with van der Waals surface area (Å²) in [7, 11) is 0. The average molecular weight is 371 g/mol. The highest BCUT2D eigenvalue weighted by Crippen LogP contribution is 2.17. The molecule has 1 N–H and O–H groups in total. The molecular weight excluding hydrogens is 352 g/mol. The van der Waals surface area contributed by atoms with Crippen LogP contribution in [0.1, 0.15) is 15.9 Å². The minimum absolute atomic E-state index is 0.0507. The van der Waals surface area contributed by atoms with Crippen LogP contribution in [0.4, 0.5) is 11.4 Å². The Bertz CT molecular complexity index is 860. The van der Waals surface area contributed by atoms with Crippen LogP contribution in [0.3, 0.4) is 0 Å². The third-order valence-corrected chi connectivity index (χ3v) is 4.71. The van der Waals surface area contributed by atoms with Crippen molar-refractivity contribution in [3.05, 3.63) is 79.9 Å². The van der Waals surface area contributed by atoms with Gasteiger partial charge in [-0.05, 0) is 18.2 Å². The molecular formula is C18H19N4O5+. The van der Waals surface area contributed by atoms with Crippen molar-refractivity contribution >= 4 is 17.3 Å². The van der Waals surface area contributed by atoms with Gasteiger partial charge >= 0.3 is 0 Å². The van der Waals surface area contributed by atoms with Crippen LogP contribution < -0.4 is 4.90 Å². The summed E-state index contributed by atoms with van der Waals surface area (Å²) in [5.41, 5.74) is 1.18. The van der Waals surface area contributed by atoms with Gasteiger partial charge in [-0.1, -0.05) is 12.1 Å². The number of amides is 1. The first kappa shape index (κ1) is 18.5. The van der Waals surface area contributed by atoms with Crippen LogP contribution in [0.5, 0.6) is 0 Å². The number of nitrogens with zero attached hydrogens (tertiary/aromatic N) is 3. The van der Waals surface area contributed by atoms with E-state index < -0.39 is 4.92 Å². The van der Waals surface area contributed by atoms with Gasteiger partial charge in [0.1, 0.15) is 6.54 Å². The summed E-state index contributed by atoms with van der Waals surface area (Å²) >= 11 is 0. The highest BCUT2D eigenvalue weighted by molar-refractivity contribution is 5.94. The first-order valence-corrected chi connectivity index (χ1v) is 8.55. The fourth-order valence-electron chi connectivity index (χ4n) is 3.22. The zero-order valence-electron chi connectivity index (χ0n) is 14.5. The second-order valence-electron chi connectivity index (χ2n) is 6.41. The lowest BCUT2D eigenvalue weighted by atomic mass is 10.1. The molecule has 2 aromatic rings. The number of rotatable bonds is 5. The van der Waals surface area contributed by atoms with Gasteiger partial charge in [-0.3, -0.25) is 25.0 Å². The molecule has 1 saturated heterocycles. The third kappa shape index (κ3) is 4.26. The van der Waals surface area contributed by atoms with Gasteiger partial charge in [0.05, 0.1) is 41.6 Å². The highest BCUT2D eigenvalue weighted by Gasteiger charge is 2.26. The first-order chi connectivity index (χ1) is 13.0. The highest BCUT2D eigenvalue weighted by atomic mass is 16.6. The summed E-state index contributed by atoms with van der Waals surface area (Å²) < 4.78 is 0. The summed E-state index contributed by atoms with van der Waals surface area (Å²) in [5, 5.41) is 21.8. The summed E-state index contributed by atoms with van der Waals surface area (Å²) in [5.74, 6) is -0.158. The number of quaternary nitrogens is 1. The summed E-state index contributed by atoms with van der Waals surface area (Å²) in [6.45, 7) is 2.98. The Labute approximate surface area is 155 Å². The van der Waals surface area contributed by atoms with Crippen LogP contribution in [0, 0.1) is 20.2 Å². The number of nitro groups is 2. The third-order valence-electron chi connectivity index (χ3n) is 4.71. The average Bonchev–Trinajstić information content (AvgIpc) is 2.68. The van der Waals surface area contributed by atoms with E-state index in [2.05, 4.69) is 0 Å². The lowest BCUT2D eigenvalue weighted by Crippen LogP contribution is -3.13. The zero-order chi connectivity index (χ0) is 19.4. The minimum Gasteiger partial charge on any atom is -0.328 e. The van der Waals surface area contributed by atoms with E-state index in [-0.39, 0.29) is 22.2 Å². The minimum atomic E-state index is -0.501. The number of non-ortho nitro benzene ring substituents is 1. The van der Waals surface area contributed by atoms with Gasteiger partial charge in [-0.15, -0.1) is 0 Å². The number of benzene rings is 2. The summed E-state index contributed by atoms with van der Waals surface area (Å²) in [4.78, 5) is 36.4. The van der Waals surface area contributed by atoms with Crippen LogP contribution in [-0.2, 0) is 6.54 Å². The summed E-state index contributed by atoms with van der Waals surface area (Å²) in [6.07, 6.45) is 0. The molecule has 0 saturated carbocycles. The molecule has 1 fully saturated rings. The van der Waals surface area contributed by atoms with E-state index in [0.29, 0.717) is 43.9 Å². The first-order valence-electron chi connectivity index (χ1n) is 8.55. The van der Waals surface area contributed by atoms with Gasteiger partial charge in [0.2, 0.25) is 0 Å². The lowest BCUT2D eigenvalue weighted by Gasteiger charge is -2.32. The van der Waals surface area contributed by atoms with Crippen molar-refractivity contribution in [3.8, 4) is 0 Å². The maximum Gasteiger partial charge on any atom is 0.278 e. The van der Waals surface area contributed by atoms with E-state index in [0.717, 1.165) is 0 Å². The number of nitro benzene ring substituents is 2. The number of piperazine rings is 1. The molecule has 9 nitrogen and oxygen atoms in total. The Balaban J connectivity index is 1.59. The standard InChI is InChI=1S/C18H18N4O5/c23-18(14-5-7-16(8-6-14)21(24)25)20-11-9-19(10-12-20)13-15-3-1-2-4-17(15)22(26)27/h1-8H,9-13H2/p+1.